The lowest BCUT2D eigenvalue weighted by molar-refractivity contribution is -0.946. The molecule has 4 heterocycles. The average Bonchev–Trinajstić information content (AvgIpc) is 3.37. The van der Waals surface area contributed by atoms with Crippen molar-refractivity contribution >= 4 is 16.7 Å². The van der Waals surface area contributed by atoms with Crippen LogP contribution in [0, 0.1) is 12.8 Å². The summed E-state index contributed by atoms with van der Waals surface area (Å²) < 4.78 is 10.4. The molecule has 1 saturated heterocycles. The van der Waals surface area contributed by atoms with Gasteiger partial charge in [0.05, 0.1) is 38.0 Å². The molecule has 7 nitrogen and oxygen atoms in total. The molecule has 0 spiro atoms. The van der Waals surface area contributed by atoms with E-state index in [2.05, 4.69) is 67.6 Å². The quantitative estimate of drug-likeness (QED) is 0.220. The number of hydrogen-bond acceptors (Lipinski definition) is 4. The molecule has 2 aromatic carbocycles. The molecule has 226 valence electrons. The van der Waals surface area contributed by atoms with E-state index in [1.54, 1.807) is 7.11 Å². The lowest BCUT2D eigenvalue weighted by atomic mass is 9.88. The maximum Gasteiger partial charge on any atom is 0.277 e. The Hall–Kier alpha value is -3.49. The summed E-state index contributed by atoms with van der Waals surface area (Å²) in [4.78, 5) is 23.5. The maximum absolute atomic E-state index is 14.0. The van der Waals surface area contributed by atoms with E-state index in [1.165, 1.54) is 37.1 Å². The van der Waals surface area contributed by atoms with Gasteiger partial charge in [-0.1, -0.05) is 67.6 Å². The minimum Gasteiger partial charge on any atom is -1.00 e. The first-order valence-corrected chi connectivity index (χ1v) is 15.4. The molecule has 0 bridgehead atoms. The van der Waals surface area contributed by atoms with E-state index in [0.717, 1.165) is 65.4 Å². The highest BCUT2D eigenvalue weighted by atomic mass is 79.9. The number of rotatable bonds is 10. The summed E-state index contributed by atoms with van der Waals surface area (Å²) in [6.45, 7) is 9.04. The summed E-state index contributed by atoms with van der Waals surface area (Å²) in [7, 11) is 1.62. The van der Waals surface area contributed by atoms with E-state index >= 15 is 0 Å². The molecule has 1 aliphatic rings. The van der Waals surface area contributed by atoms with Gasteiger partial charge in [-0.05, 0) is 43.7 Å². The average molecular weight is 645 g/mol. The van der Waals surface area contributed by atoms with Crippen LogP contribution in [0.5, 0.6) is 5.88 Å². The first kappa shape index (κ1) is 31.0. The third-order valence-electron chi connectivity index (χ3n) is 9.19. The molecular weight excluding hydrogens is 602 g/mol. The molecule has 0 N–H and O–H groups in total. The number of ether oxygens (including phenoxy) is 1. The van der Waals surface area contributed by atoms with Crippen LogP contribution in [0.2, 0.25) is 0 Å². The van der Waals surface area contributed by atoms with Gasteiger partial charge in [-0.2, -0.15) is 4.98 Å². The minimum absolute atomic E-state index is 0. The van der Waals surface area contributed by atoms with E-state index in [4.69, 9.17) is 14.7 Å². The number of piperidine rings is 1. The van der Waals surface area contributed by atoms with Crippen LogP contribution in [0.3, 0.4) is 0 Å². The first-order valence-electron chi connectivity index (χ1n) is 15.4. The number of likely N-dealkylation sites (tertiary alicyclic amines) is 1. The van der Waals surface area contributed by atoms with Crippen LogP contribution in [0.25, 0.3) is 16.7 Å². The zero-order valence-electron chi connectivity index (χ0n) is 25.5. The smallest absolute Gasteiger partial charge is 0.277 e. The van der Waals surface area contributed by atoms with Crippen LogP contribution in [0.15, 0.2) is 77.6 Å². The van der Waals surface area contributed by atoms with Crippen molar-refractivity contribution in [3.63, 3.8) is 0 Å². The number of hydrogen-bond donors (Lipinski definition) is 0. The monoisotopic (exact) mass is 643 g/mol. The molecule has 1 fully saturated rings. The number of aryl methyl sites for hydroxylation is 3. The Kier molecular flexibility index (Phi) is 9.67. The third-order valence-corrected chi connectivity index (χ3v) is 9.19. The molecule has 0 unspecified atom stereocenters. The lowest BCUT2D eigenvalue weighted by Crippen LogP contribution is -3.00. The van der Waals surface area contributed by atoms with E-state index in [9.17, 15) is 4.79 Å². The Balaban J connectivity index is 0.00000368. The molecular formula is C35H42BrN5O2. The van der Waals surface area contributed by atoms with Crippen molar-refractivity contribution in [2.75, 3.05) is 26.7 Å². The van der Waals surface area contributed by atoms with Gasteiger partial charge >= 0.3 is 0 Å². The summed E-state index contributed by atoms with van der Waals surface area (Å²) in [6.07, 6.45) is 5.26. The molecule has 0 radical (unpaired) electrons. The number of pyridine rings is 1. The number of methoxy groups -OCH3 is 1. The number of imidazole rings is 1. The van der Waals surface area contributed by atoms with Gasteiger partial charge in [-0.3, -0.25) is 9.20 Å². The van der Waals surface area contributed by atoms with E-state index < -0.39 is 0 Å². The second-order valence-corrected chi connectivity index (χ2v) is 11.9. The highest BCUT2D eigenvalue weighted by Gasteiger charge is 2.34. The molecule has 0 amide bonds. The standard InChI is InChI=1S/C35H42N5O2.BrH/c1-4-31-36-26(2)33-35(41)38(30-16-17-32(42-3)37-34(30)39(31)33)20-11-21-40(25-29-14-9-6-10-15-29)22-18-28(19-23-40)24-27-12-7-5-8-13-27;/h5-10,12-17,28H,4,11,18-25H2,1-3H3;1H/q+1;/p-1. The molecule has 6 rings (SSSR count). The van der Waals surface area contributed by atoms with Crippen molar-refractivity contribution in [1.82, 2.24) is 18.9 Å². The summed E-state index contributed by atoms with van der Waals surface area (Å²) in [5.41, 5.74) is 5.78. The summed E-state index contributed by atoms with van der Waals surface area (Å²) in [6, 6.07) is 25.6. The SMILES string of the molecule is CCc1nc(C)c2c(=O)n(CCC[N+]3(Cc4ccccc4)CCC(Cc4ccccc4)CC3)c3ccc(OC)nc3n12.[Br-]. The Morgan fingerprint density at radius 1 is 0.930 bits per heavy atom. The van der Waals surface area contributed by atoms with E-state index in [-0.39, 0.29) is 22.5 Å². The van der Waals surface area contributed by atoms with E-state index in [0.29, 0.717) is 17.9 Å². The zero-order valence-corrected chi connectivity index (χ0v) is 27.1. The fraction of sp³-hybridized carbons (Fsp3) is 0.400. The van der Waals surface area contributed by atoms with Gasteiger partial charge in [0.25, 0.3) is 5.56 Å². The molecule has 0 aliphatic carbocycles. The molecule has 0 atom stereocenters. The second-order valence-electron chi connectivity index (χ2n) is 11.9. The van der Waals surface area contributed by atoms with Crippen molar-refractivity contribution < 1.29 is 26.2 Å². The number of benzene rings is 2. The number of fused-ring (bicyclic) bond motifs is 3. The van der Waals surface area contributed by atoms with Crippen LogP contribution >= 0.6 is 0 Å². The lowest BCUT2D eigenvalue weighted by Gasteiger charge is -2.44. The number of halogens is 1. The predicted octanol–water partition coefficient (Wildman–Crippen LogP) is 2.99. The van der Waals surface area contributed by atoms with E-state index in [1.807, 2.05) is 28.0 Å². The van der Waals surface area contributed by atoms with Crippen molar-refractivity contribution in [2.45, 2.75) is 59.0 Å². The van der Waals surface area contributed by atoms with Crippen LogP contribution in [-0.4, -0.2) is 50.2 Å². The minimum atomic E-state index is 0. The van der Waals surface area contributed by atoms with Crippen LogP contribution < -0.4 is 27.3 Å². The fourth-order valence-corrected chi connectivity index (χ4v) is 6.99. The van der Waals surface area contributed by atoms with Crippen molar-refractivity contribution in [2.24, 2.45) is 5.92 Å². The molecule has 8 heteroatoms. The van der Waals surface area contributed by atoms with Gasteiger partial charge in [0.1, 0.15) is 17.9 Å². The van der Waals surface area contributed by atoms with Gasteiger partial charge in [-0.25, -0.2) is 4.98 Å². The van der Waals surface area contributed by atoms with Gasteiger partial charge in [0, 0.05) is 31.0 Å². The molecule has 0 saturated carbocycles. The van der Waals surface area contributed by atoms with Gasteiger partial charge in [-0.15, -0.1) is 0 Å². The van der Waals surface area contributed by atoms with Crippen LogP contribution in [0.4, 0.5) is 0 Å². The van der Waals surface area contributed by atoms with Gasteiger partial charge in [0.15, 0.2) is 5.65 Å². The van der Waals surface area contributed by atoms with Gasteiger partial charge < -0.3 is 30.8 Å². The van der Waals surface area contributed by atoms with Crippen LogP contribution in [-0.2, 0) is 25.9 Å². The molecule has 3 aromatic heterocycles. The summed E-state index contributed by atoms with van der Waals surface area (Å²) in [5, 5.41) is 0. The van der Waals surface area contributed by atoms with Crippen molar-refractivity contribution in [3.05, 3.63) is 106 Å². The Morgan fingerprint density at radius 2 is 1.60 bits per heavy atom. The van der Waals surface area contributed by atoms with Crippen molar-refractivity contribution in [3.8, 4) is 5.88 Å². The largest absolute Gasteiger partial charge is 1.00 e. The third kappa shape index (κ3) is 6.41. The maximum atomic E-state index is 14.0. The molecule has 43 heavy (non-hydrogen) atoms. The molecule has 5 aromatic rings. The predicted molar refractivity (Wildman–Crippen MR) is 168 cm³/mol. The van der Waals surface area contributed by atoms with Crippen LogP contribution in [0.1, 0.15) is 48.8 Å². The number of aromatic nitrogens is 4. The number of quaternary nitrogens is 1. The Bertz CT molecular complexity index is 1720. The van der Waals surface area contributed by atoms with Gasteiger partial charge in [0.2, 0.25) is 5.88 Å². The Morgan fingerprint density at radius 3 is 2.26 bits per heavy atom. The molecule has 1 aliphatic heterocycles. The summed E-state index contributed by atoms with van der Waals surface area (Å²) in [5.74, 6) is 2.11. The van der Waals surface area contributed by atoms with Crippen molar-refractivity contribution in [1.29, 1.82) is 0 Å². The number of nitrogens with zero attached hydrogens (tertiary/aromatic N) is 5. The first-order chi connectivity index (χ1) is 20.5. The second kappa shape index (κ2) is 13.4. The highest BCUT2D eigenvalue weighted by molar-refractivity contribution is 5.77. The topological polar surface area (TPSA) is 61.4 Å². The highest BCUT2D eigenvalue weighted by Crippen LogP contribution is 2.30. The summed E-state index contributed by atoms with van der Waals surface area (Å²) >= 11 is 0. The normalized spacial score (nSPS) is 18.5. The Labute approximate surface area is 264 Å². The fourth-order valence-electron chi connectivity index (χ4n) is 6.99. The zero-order chi connectivity index (χ0) is 29.1.